The average molecular weight is 415 g/mol. The van der Waals surface area contributed by atoms with E-state index in [0.717, 1.165) is 32.9 Å². The number of aromatic nitrogens is 2. The second-order valence-corrected chi connectivity index (χ2v) is 8.47. The highest BCUT2D eigenvalue weighted by Gasteiger charge is 2.34. The molecule has 0 bridgehead atoms. The Morgan fingerprint density at radius 3 is 2.50 bits per heavy atom. The topological polar surface area (TPSA) is 37.8 Å². The fraction of sp³-hybridized carbons (Fsp3) is 0.100. The Balaban J connectivity index is 1.61. The van der Waals surface area contributed by atoms with Crippen molar-refractivity contribution in [3.05, 3.63) is 71.9 Å². The zero-order valence-electron chi connectivity index (χ0n) is 14.2. The normalized spacial score (nSPS) is 16.2. The van der Waals surface area contributed by atoms with E-state index in [9.17, 15) is 13.2 Å². The van der Waals surface area contributed by atoms with Crippen molar-refractivity contribution < 1.29 is 13.2 Å². The van der Waals surface area contributed by atoms with E-state index in [-0.39, 0.29) is 11.1 Å². The number of para-hydroxylation sites is 2. The number of halogens is 3. The Hall–Kier alpha value is -2.58. The van der Waals surface area contributed by atoms with E-state index < -0.39 is 11.7 Å². The minimum atomic E-state index is -4.46. The van der Waals surface area contributed by atoms with Crippen LogP contribution >= 0.6 is 23.1 Å². The molecule has 0 fully saturated rings. The van der Waals surface area contributed by atoms with Gasteiger partial charge in [-0.1, -0.05) is 36.0 Å². The van der Waals surface area contributed by atoms with E-state index in [1.54, 1.807) is 0 Å². The third-order valence-electron chi connectivity index (χ3n) is 4.37. The van der Waals surface area contributed by atoms with Crippen molar-refractivity contribution in [2.24, 2.45) is 0 Å². The largest absolute Gasteiger partial charge is 0.416 e. The molecule has 2 aromatic heterocycles. The maximum absolute atomic E-state index is 13.5. The highest BCUT2D eigenvalue weighted by atomic mass is 32.2. The molecule has 0 radical (unpaired) electrons. The maximum Gasteiger partial charge on any atom is 0.416 e. The second kappa shape index (κ2) is 6.49. The first-order valence-electron chi connectivity index (χ1n) is 8.45. The van der Waals surface area contributed by atoms with Gasteiger partial charge < -0.3 is 5.32 Å². The molecular weight excluding hydrogens is 403 g/mol. The maximum atomic E-state index is 13.5. The minimum Gasteiger partial charge on any atom is -0.367 e. The third-order valence-corrected chi connectivity index (χ3v) is 6.64. The lowest BCUT2D eigenvalue weighted by Crippen LogP contribution is -2.11. The lowest BCUT2D eigenvalue weighted by atomic mass is 10.1. The summed E-state index contributed by atoms with van der Waals surface area (Å²) in [6.07, 6.45) is -4.46. The first-order chi connectivity index (χ1) is 13.5. The number of benzene rings is 2. The van der Waals surface area contributed by atoms with Gasteiger partial charge in [-0.2, -0.15) is 13.2 Å². The van der Waals surface area contributed by atoms with Crippen molar-refractivity contribution in [3.63, 3.8) is 0 Å². The van der Waals surface area contributed by atoms with Gasteiger partial charge in [0.05, 0.1) is 27.2 Å². The Bertz CT molecular complexity index is 1130. The van der Waals surface area contributed by atoms with Crippen LogP contribution in [-0.4, -0.2) is 9.97 Å². The van der Waals surface area contributed by atoms with Gasteiger partial charge in [0.2, 0.25) is 0 Å². The Morgan fingerprint density at radius 1 is 0.929 bits per heavy atom. The molecule has 2 aromatic carbocycles. The van der Waals surface area contributed by atoms with Crippen LogP contribution in [0.15, 0.2) is 65.6 Å². The van der Waals surface area contributed by atoms with Gasteiger partial charge >= 0.3 is 6.18 Å². The number of pyridine rings is 1. The van der Waals surface area contributed by atoms with Crippen LogP contribution in [0.1, 0.15) is 16.6 Å². The van der Waals surface area contributed by atoms with Crippen molar-refractivity contribution >= 4 is 39.0 Å². The van der Waals surface area contributed by atoms with Crippen LogP contribution < -0.4 is 5.32 Å². The predicted octanol–water partition coefficient (Wildman–Crippen LogP) is 6.59. The fourth-order valence-electron chi connectivity index (χ4n) is 3.06. The molecule has 3 nitrogen and oxygen atoms in total. The van der Waals surface area contributed by atoms with Crippen molar-refractivity contribution in [1.82, 2.24) is 9.97 Å². The second-order valence-electron chi connectivity index (χ2n) is 6.29. The van der Waals surface area contributed by atoms with Gasteiger partial charge in [-0.25, -0.2) is 9.97 Å². The van der Waals surface area contributed by atoms with Crippen molar-refractivity contribution in [3.8, 4) is 10.7 Å². The Labute approximate surface area is 166 Å². The number of hydrogen-bond acceptors (Lipinski definition) is 5. The standard InChI is InChI=1S/C20H12F3N3S2/c21-20(22,23)11-9-14(18-25-12-5-1-3-7-16(12)27-18)24-15(10-11)19-26-13-6-2-4-8-17(13)28-19/h1-10,18,25H. The summed E-state index contributed by atoms with van der Waals surface area (Å²) in [5.74, 6) is 0. The molecule has 0 saturated heterocycles. The van der Waals surface area contributed by atoms with Gasteiger partial charge in [-0.3, -0.25) is 0 Å². The Morgan fingerprint density at radius 2 is 1.71 bits per heavy atom. The van der Waals surface area contributed by atoms with E-state index in [1.165, 1.54) is 23.1 Å². The number of alkyl halides is 3. The number of anilines is 1. The summed E-state index contributed by atoms with van der Waals surface area (Å²) in [5, 5.41) is 3.35. The number of thioether (sulfide) groups is 1. The summed E-state index contributed by atoms with van der Waals surface area (Å²) in [7, 11) is 0. The summed E-state index contributed by atoms with van der Waals surface area (Å²) in [6.45, 7) is 0. The van der Waals surface area contributed by atoms with Crippen LogP contribution in [0, 0.1) is 0 Å². The molecule has 140 valence electrons. The molecule has 1 N–H and O–H groups in total. The molecule has 5 rings (SSSR count). The van der Waals surface area contributed by atoms with Crippen LogP contribution in [0.2, 0.25) is 0 Å². The summed E-state index contributed by atoms with van der Waals surface area (Å²) in [4.78, 5) is 10.0. The molecule has 1 aliphatic heterocycles. The van der Waals surface area contributed by atoms with Crippen LogP contribution in [0.25, 0.3) is 20.9 Å². The number of rotatable bonds is 2. The van der Waals surface area contributed by atoms with Gasteiger partial charge in [0.15, 0.2) is 0 Å². The quantitative estimate of drug-likeness (QED) is 0.401. The summed E-state index contributed by atoms with van der Waals surface area (Å²) in [6, 6.07) is 17.3. The smallest absolute Gasteiger partial charge is 0.367 e. The number of nitrogens with zero attached hydrogens (tertiary/aromatic N) is 2. The molecule has 0 saturated carbocycles. The summed E-state index contributed by atoms with van der Waals surface area (Å²) >= 11 is 2.80. The van der Waals surface area contributed by atoms with Crippen LogP contribution in [0.4, 0.5) is 18.9 Å². The summed E-state index contributed by atoms with van der Waals surface area (Å²) < 4.78 is 41.6. The molecule has 0 spiro atoms. The number of nitrogens with one attached hydrogen (secondary N) is 1. The fourth-order valence-corrected chi connectivity index (χ4v) is 5.08. The lowest BCUT2D eigenvalue weighted by molar-refractivity contribution is -0.137. The van der Waals surface area contributed by atoms with E-state index in [2.05, 4.69) is 15.3 Å². The van der Waals surface area contributed by atoms with E-state index in [0.29, 0.717) is 10.7 Å². The number of fused-ring (bicyclic) bond motifs is 2. The van der Waals surface area contributed by atoms with Crippen LogP contribution in [0.3, 0.4) is 0 Å². The molecule has 3 heterocycles. The first kappa shape index (κ1) is 17.5. The van der Waals surface area contributed by atoms with Gasteiger partial charge in [0.25, 0.3) is 0 Å². The van der Waals surface area contributed by atoms with E-state index in [4.69, 9.17) is 0 Å². The zero-order chi connectivity index (χ0) is 19.3. The number of thiazole rings is 1. The molecule has 28 heavy (non-hydrogen) atoms. The minimum absolute atomic E-state index is 0.240. The zero-order valence-corrected chi connectivity index (χ0v) is 15.8. The van der Waals surface area contributed by atoms with E-state index >= 15 is 0 Å². The highest BCUT2D eigenvalue weighted by Crippen LogP contribution is 2.47. The van der Waals surface area contributed by atoms with E-state index in [1.807, 2.05) is 48.5 Å². The Kier molecular flexibility index (Phi) is 4.06. The highest BCUT2D eigenvalue weighted by molar-refractivity contribution is 8.00. The van der Waals surface area contributed by atoms with Crippen LogP contribution in [-0.2, 0) is 6.18 Å². The van der Waals surface area contributed by atoms with Crippen molar-refractivity contribution in [1.29, 1.82) is 0 Å². The molecule has 0 aliphatic carbocycles. The molecular formula is C20H12F3N3S2. The molecule has 1 aliphatic rings. The SMILES string of the molecule is FC(F)(F)c1cc(-c2nc3ccccc3s2)nc(C2Nc3ccccc3S2)c1. The molecule has 0 amide bonds. The molecule has 1 unspecified atom stereocenters. The predicted molar refractivity (Wildman–Crippen MR) is 107 cm³/mol. The van der Waals surface area contributed by atoms with Gasteiger partial charge in [-0.05, 0) is 36.4 Å². The summed E-state index contributed by atoms with van der Waals surface area (Å²) in [5.41, 5.74) is 1.52. The molecule has 4 aromatic rings. The molecule has 8 heteroatoms. The van der Waals surface area contributed by atoms with Crippen molar-refractivity contribution in [2.75, 3.05) is 5.32 Å². The van der Waals surface area contributed by atoms with Gasteiger partial charge in [-0.15, -0.1) is 11.3 Å². The van der Waals surface area contributed by atoms with Gasteiger partial charge in [0, 0.05) is 10.6 Å². The average Bonchev–Trinajstić information content (AvgIpc) is 3.31. The number of hydrogen-bond donors (Lipinski definition) is 1. The van der Waals surface area contributed by atoms with Crippen LogP contribution in [0.5, 0.6) is 0 Å². The molecule has 1 atom stereocenters. The van der Waals surface area contributed by atoms with Gasteiger partial charge in [0.1, 0.15) is 10.4 Å². The van der Waals surface area contributed by atoms with Crippen molar-refractivity contribution in [2.45, 2.75) is 16.4 Å². The first-order valence-corrected chi connectivity index (χ1v) is 10.1. The monoisotopic (exact) mass is 415 g/mol. The lowest BCUT2D eigenvalue weighted by Gasteiger charge is -2.14. The third kappa shape index (κ3) is 3.12.